The van der Waals surface area contributed by atoms with Gasteiger partial charge in [0, 0.05) is 71.9 Å². The molecule has 0 aromatic heterocycles. The third-order valence-corrected chi connectivity index (χ3v) is 4.97. The number of hydrogen-bond acceptors (Lipinski definition) is 4. The highest BCUT2D eigenvalue weighted by Gasteiger charge is 2.20. The number of hydrogen-bond donors (Lipinski definition) is 1. The maximum absolute atomic E-state index is 5.49. The number of rotatable bonds is 7. The van der Waals surface area contributed by atoms with Crippen molar-refractivity contribution in [2.45, 2.75) is 20.3 Å². The third-order valence-electron chi connectivity index (χ3n) is 4.97. The highest BCUT2D eigenvalue weighted by Crippen LogP contribution is 2.13. The quantitative estimate of drug-likeness (QED) is 0.349. The van der Waals surface area contributed by atoms with Crippen molar-refractivity contribution in [2.24, 2.45) is 16.8 Å². The Morgan fingerprint density at radius 2 is 2.04 bits per heavy atom. The number of piperazine rings is 1. The van der Waals surface area contributed by atoms with Gasteiger partial charge in [0.05, 0.1) is 6.61 Å². The summed E-state index contributed by atoms with van der Waals surface area (Å²) in [4.78, 5) is 12.1. The molecule has 7 heteroatoms. The summed E-state index contributed by atoms with van der Waals surface area (Å²) in [7, 11) is 4.35. The molecule has 2 heterocycles. The van der Waals surface area contributed by atoms with Crippen molar-refractivity contribution < 1.29 is 4.74 Å². The molecule has 0 saturated carbocycles. The van der Waals surface area contributed by atoms with E-state index in [1.165, 1.54) is 32.6 Å². The molecular formula is C18H38IN5O. The molecule has 2 aliphatic rings. The van der Waals surface area contributed by atoms with E-state index < -0.39 is 0 Å². The zero-order chi connectivity index (χ0) is 17.4. The second kappa shape index (κ2) is 12.3. The fourth-order valence-electron chi connectivity index (χ4n) is 3.44. The van der Waals surface area contributed by atoms with Crippen LogP contribution in [0.15, 0.2) is 4.99 Å². The molecule has 0 bridgehead atoms. The molecule has 0 aromatic carbocycles. The second-order valence-electron chi connectivity index (χ2n) is 7.51. The van der Waals surface area contributed by atoms with Gasteiger partial charge in [0.15, 0.2) is 5.96 Å². The maximum atomic E-state index is 5.49. The minimum Gasteiger partial charge on any atom is -0.381 e. The molecule has 148 valence electrons. The zero-order valence-corrected chi connectivity index (χ0v) is 18.9. The third kappa shape index (κ3) is 8.41. The maximum Gasteiger partial charge on any atom is 0.193 e. The zero-order valence-electron chi connectivity index (χ0n) is 16.5. The van der Waals surface area contributed by atoms with E-state index >= 15 is 0 Å². The Labute approximate surface area is 171 Å². The van der Waals surface area contributed by atoms with Gasteiger partial charge < -0.3 is 24.8 Å². The molecule has 6 nitrogen and oxygen atoms in total. The topological polar surface area (TPSA) is 43.3 Å². The van der Waals surface area contributed by atoms with Crippen LogP contribution in [0.3, 0.4) is 0 Å². The van der Waals surface area contributed by atoms with E-state index in [1.807, 2.05) is 0 Å². The first kappa shape index (κ1) is 22.9. The van der Waals surface area contributed by atoms with E-state index in [9.17, 15) is 0 Å². The predicted molar refractivity (Wildman–Crippen MR) is 116 cm³/mol. The van der Waals surface area contributed by atoms with Crippen LogP contribution in [-0.2, 0) is 4.74 Å². The molecule has 0 spiro atoms. The summed E-state index contributed by atoms with van der Waals surface area (Å²) in [6.45, 7) is 15.0. The highest BCUT2D eigenvalue weighted by molar-refractivity contribution is 14.0. The van der Waals surface area contributed by atoms with Crippen LogP contribution in [-0.4, -0.2) is 100 Å². The summed E-state index contributed by atoms with van der Waals surface area (Å²) in [6, 6.07) is 0. The van der Waals surface area contributed by atoms with Crippen LogP contribution in [0.25, 0.3) is 0 Å². The van der Waals surface area contributed by atoms with E-state index in [0.29, 0.717) is 11.8 Å². The van der Waals surface area contributed by atoms with Gasteiger partial charge in [-0.2, -0.15) is 0 Å². The van der Waals surface area contributed by atoms with Crippen molar-refractivity contribution in [2.75, 3.05) is 79.7 Å². The molecule has 0 radical (unpaired) electrons. The minimum absolute atomic E-state index is 0. The van der Waals surface area contributed by atoms with Gasteiger partial charge in [-0.1, -0.05) is 6.92 Å². The molecule has 0 aromatic rings. The Kier molecular flexibility index (Phi) is 11.3. The van der Waals surface area contributed by atoms with Crippen molar-refractivity contribution in [3.63, 3.8) is 0 Å². The SMILES string of the molecule is CCNC(=NCC(C)CN1CCN(C)CC1)N(C)CC1CCOC1.I. The molecule has 2 atom stereocenters. The number of likely N-dealkylation sites (N-methyl/N-ethyl adjacent to an activating group) is 1. The lowest BCUT2D eigenvalue weighted by atomic mass is 10.1. The van der Waals surface area contributed by atoms with Crippen LogP contribution in [0, 0.1) is 11.8 Å². The Morgan fingerprint density at radius 3 is 2.64 bits per heavy atom. The smallest absolute Gasteiger partial charge is 0.193 e. The van der Waals surface area contributed by atoms with Crippen LogP contribution in [0.1, 0.15) is 20.3 Å². The summed E-state index contributed by atoms with van der Waals surface area (Å²) in [5.74, 6) is 2.27. The number of ether oxygens (including phenoxy) is 1. The van der Waals surface area contributed by atoms with Crippen LogP contribution < -0.4 is 5.32 Å². The minimum atomic E-state index is 0. The number of halogens is 1. The van der Waals surface area contributed by atoms with Gasteiger partial charge in [-0.15, -0.1) is 24.0 Å². The van der Waals surface area contributed by atoms with Crippen molar-refractivity contribution >= 4 is 29.9 Å². The summed E-state index contributed by atoms with van der Waals surface area (Å²) < 4.78 is 5.49. The van der Waals surface area contributed by atoms with Crippen molar-refractivity contribution in [1.29, 1.82) is 0 Å². The van der Waals surface area contributed by atoms with Gasteiger partial charge in [-0.25, -0.2) is 0 Å². The van der Waals surface area contributed by atoms with Crippen LogP contribution in [0.5, 0.6) is 0 Å². The molecule has 25 heavy (non-hydrogen) atoms. The average molecular weight is 467 g/mol. The standard InChI is InChI=1S/C18H37N5O.HI/c1-5-19-18(22(4)14-17-6-11-24-15-17)20-12-16(2)13-23-9-7-21(3)8-10-23;/h16-17H,5-15H2,1-4H3,(H,19,20);1H. The fourth-order valence-corrected chi connectivity index (χ4v) is 3.44. The van der Waals surface area contributed by atoms with E-state index in [4.69, 9.17) is 9.73 Å². The number of nitrogens with zero attached hydrogens (tertiary/aromatic N) is 4. The first-order valence-corrected chi connectivity index (χ1v) is 9.56. The van der Waals surface area contributed by atoms with E-state index in [-0.39, 0.29) is 24.0 Å². The lowest BCUT2D eigenvalue weighted by molar-refractivity contribution is 0.140. The Balaban J connectivity index is 0.00000312. The largest absolute Gasteiger partial charge is 0.381 e. The first-order valence-electron chi connectivity index (χ1n) is 9.56. The Bertz CT molecular complexity index is 382. The number of nitrogens with one attached hydrogen (secondary N) is 1. The lowest BCUT2D eigenvalue weighted by Gasteiger charge is -2.33. The molecule has 1 N–H and O–H groups in total. The summed E-state index contributed by atoms with van der Waals surface area (Å²) >= 11 is 0. The van der Waals surface area contributed by atoms with Gasteiger partial charge in [0.25, 0.3) is 0 Å². The molecule has 2 unspecified atom stereocenters. The predicted octanol–water partition coefficient (Wildman–Crippen LogP) is 1.42. The molecule has 0 aliphatic carbocycles. The molecule has 0 amide bonds. The molecular weight excluding hydrogens is 429 g/mol. The summed E-state index contributed by atoms with van der Waals surface area (Å²) in [5.41, 5.74) is 0. The molecule has 2 aliphatic heterocycles. The first-order chi connectivity index (χ1) is 11.6. The van der Waals surface area contributed by atoms with E-state index in [2.05, 4.69) is 48.0 Å². The Morgan fingerprint density at radius 1 is 1.32 bits per heavy atom. The van der Waals surface area contributed by atoms with Crippen LogP contribution in [0.4, 0.5) is 0 Å². The molecule has 2 saturated heterocycles. The van der Waals surface area contributed by atoms with Gasteiger partial charge >= 0.3 is 0 Å². The monoisotopic (exact) mass is 467 g/mol. The van der Waals surface area contributed by atoms with E-state index in [0.717, 1.165) is 45.4 Å². The fraction of sp³-hybridized carbons (Fsp3) is 0.944. The Hall–Kier alpha value is -0.120. The summed E-state index contributed by atoms with van der Waals surface area (Å²) in [6.07, 6.45) is 1.17. The lowest BCUT2D eigenvalue weighted by Crippen LogP contribution is -2.46. The molecule has 2 fully saturated rings. The summed E-state index contributed by atoms with van der Waals surface area (Å²) in [5, 5.41) is 3.44. The van der Waals surface area contributed by atoms with Gasteiger partial charge in [0.1, 0.15) is 0 Å². The number of guanidine groups is 1. The van der Waals surface area contributed by atoms with Gasteiger partial charge in [0.2, 0.25) is 0 Å². The highest BCUT2D eigenvalue weighted by atomic mass is 127. The van der Waals surface area contributed by atoms with Crippen LogP contribution >= 0.6 is 24.0 Å². The van der Waals surface area contributed by atoms with Crippen molar-refractivity contribution in [1.82, 2.24) is 20.0 Å². The van der Waals surface area contributed by atoms with Gasteiger partial charge in [-0.05, 0) is 26.3 Å². The normalized spacial score (nSPS) is 24.0. The van der Waals surface area contributed by atoms with Crippen molar-refractivity contribution in [3.8, 4) is 0 Å². The van der Waals surface area contributed by atoms with Crippen LogP contribution in [0.2, 0.25) is 0 Å². The number of aliphatic imine (C=N–C) groups is 1. The van der Waals surface area contributed by atoms with Crippen molar-refractivity contribution in [3.05, 3.63) is 0 Å². The molecule has 2 rings (SSSR count). The second-order valence-corrected chi connectivity index (χ2v) is 7.51. The van der Waals surface area contributed by atoms with Gasteiger partial charge in [-0.3, -0.25) is 4.99 Å². The van der Waals surface area contributed by atoms with E-state index in [1.54, 1.807) is 0 Å². The average Bonchev–Trinajstić information content (AvgIpc) is 3.06.